The number of allylic oxidation sites excluding steroid dienone is 22. The van der Waals surface area contributed by atoms with Crippen LogP contribution in [0.1, 0.15) is 336 Å². The molecule has 0 aromatic carbocycles. The lowest BCUT2D eigenvalue weighted by Gasteiger charge is -2.21. The van der Waals surface area contributed by atoms with E-state index >= 15 is 0 Å². The van der Waals surface area contributed by atoms with Crippen molar-refractivity contribution < 1.29 is 80.2 Å². The van der Waals surface area contributed by atoms with Gasteiger partial charge in [0.15, 0.2) is 12.2 Å². The van der Waals surface area contributed by atoms with Crippen molar-refractivity contribution in [2.45, 2.75) is 354 Å². The second kappa shape index (κ2) is 78.3. The SMILES string of the molecule is CCCCC/C=C\C/C=C\C/C=C\C/C=C\C/C=C\CCC(=O)OC[C@H](COP(=O)(O)OC[C@@H](O)COP(=O)(O)OC[C@@H](COC(=O)CCCCCCCCC/C=C\CCCCCC)OC(=O)CCC/C=C\C/C=C\C/C=C\C/C=C\CCCCC)OC(=O)CCCCCCCCC/C=C\CCCCCC. The molecule has 0 bridgehead atoms. The molecule has 0 rings (SSSR count). The first kappa shape index (κ1) is 101. The summed E-state index contributed by atoms with van der Waals surface area (Å²) in [5, 5.41) is 10.7. The molecule has 0 saturated heterocycles. The first-order valence-corrected chi connectivity index (χ1v) is 44.4. The summed E-state index contributed by atoms with van der Waals surface area (Å²) in [6, 6.07) is 0. The molecule has 0 spiro atoms. The molecule has 0 aliphatic rings. The maximum absolute atomic E-state index is 13.1. The summed E-state index contributed by atoms with van der Waals surface area (Å²) in [7, 11) is -10.0. The van der Waals surface area contributed by atoms with Gasteiger partial charge in [0.2, 0.25) is 0 Å². The number of unbranched alkanes of at least 4 members (excludes halogenated alkanes) is 29. The van der Waals surface area contributed by atoms with Crippen LogP contribution in [-0.4, -0.2) is 96.7 Å². The molecule has 17 nitrogen and oxygen atoms in total. The highest BCUT2D eigenvalue weighted by Crippen LogP contribution is 2.45. The van der Waals surface area contributed by atoms with Crippen molar-refractivity contribution in [3.8, 4) is 0 Å². The molecular weight excluding hydrogens is 1380 g/mol. The van der Waals surface area contributed by atoms with Crippen LogP contribution >= 0.6 is 15.6 Å². The van der Waals surface area contributed by atoms with Crippen LogP contribution < -0.4 is 0 Å². The van der Waals surface area contributed by atoms with E-state index in [1.165, 1.54) is 96.3 Å². The third-order valence-corrected chi connectivity index (χ3v) is 19.0. The first-order valence-electron chi connectivity index (χ1n) is 41.4. The molecule has 0 heterocycles. The number of phosphoric ester groups is 2. The second-order valence-corrected chi connectivity index (χ2v) is 30.3. The van der Waals surface area contributed by atoms with Crippen LogP contribution in [-0.2, 0) is 65.4 Å². The number of hydrogen-bond donors (Lipinski definition) is 3. The molecule has 0 radical (unpaired) electrons. The lowest BCUT2D eigenvalue weighted by Crippen LogP contribution is -2.30. The molecule has 0 amide bonds. The summed E-state index contributed by atoms with van der Waals surface area (Å²) in [5.41, 5.74) is 0. The van der Waals surface area contributed by atoms with Gasteiger partial charge in [-0.2, -0.15) is 0 Å². The van der Waals surface area contributed by atoms with Crippen LogP contribution in [0.2, 0.25) is 0 Å². The average molecular weight is 1530 g/mol. The highest BCUT2D eigenvalue weighted by atomic mass is 31.2. The van der Waals surface area contributed by atoms with Gasteiger partial charge in [0.1, 0.15) is 19.3 Å². The molecule has 106 heavy (non-hydrogen) atoms. The molecule has 0 aliphatic heterocycles. The van der Waals surface area contributed by atoms with Gasteiger partial charge in [-0.3, -0.25) is 37.3 Å². The Labute approximate surface area is 644 Å². The van der Waals surface area contributed by atoms with Crippen molar-refractivity contribution in [2.24, 2.45) is 0 Å². The fourth-order valence-electron chi connectivity index (χ4n) is 10.7. The average Bonchev–Trinajstić information content (AvgIpc) is 0.905. The predicted molar refractivity (Wildman–Crippen MR) is 436 cm³/mol. The molecule has 5 atom stereocenters. The smallest absolute Gasteiger partial charge is 0.462 e. The zero-order valence-corrected chi connectivity index (χ0v) is 68.4. The molecule has 3 N–H and O–H groups in total. The lowest BCUT2D eigenvalue weighted by molar-refractivity contribution is -0.161. The number of aliphatic hydroxyl groups is 1. The van der Waals surface area contributed by atoms with E-state index in [0.717, 1.165) is 148 Å². The van der Waals surface area contributed by atoms with E-state index in [1.54, 1.807) is 0 Å². The van der Waals surface area contributed by atoms with Crippen molar-refractivity contribution in [2.75, 3.05) is 39.6 Å². The molecule has 0 aromatic heterocycles. The van der Waals surface area contributed by atoms with Crippen molar-refractivity contribution >= 4 is 39.5 Å². The van der Waals surface area contributed by atoms with Crippen LogP contribution in [0, 0.1) is 0 Å². The highest BCUT2D eigenvalue weighted by Gasteiger charge is 2.30. The zero-order valence-electron chi connectivity index (χ0n) is 66.6. The summed E-state index contributed by atoms with van der Waals surface area (Å²) in [6.45, 7) is 4.66. The van der Waals surface area contributed by atoms with E-state index < -0.39 is 97.5 Å². The van der Waals surface area contributed by atoms with Gasteiger partial charge in [-0.15, -0.1) is 0 Å². The number of carbonyl (C=O) groups is 4. The second-order valence-electron chi connectivity index (χ2n) is 27.3. The van der Waals surface area contributed by atoms with Gasteiger partial charge >= 0.3 is 39.5 Å². The molecule has 0 aromatic rings. The summed E-state index contributed by atoms with van der Waals surface area (Å²) < 4.78 is 68.6. The topological polar surface area (TPSA) is 237 Å². The number of aliphatic hydroxyl groups excluding tert-OH is 1. The Kier molecular flexibility index (Phi) is 74.8. The van der Waals surface area contributed by atoms with Crippen LogP contribution in [0.4, 0.5) is 0 Å². The molecule has 2 unspecified atom stereocenters. The lowest BCUT2D eigenvalue weighted by atomic mass is 10.1. The molecule has 0 aliphatic carbocycles. The Morgan fingerprint density at radius 3 is 0.830 bits per heavy atom. The van der Waals surface area contributed by atoms with Crippen molar-refractivity contribution in [1.29, 1.82) is 0 Å². The number of hydrogen-bond acceptors (Lipinski definition) is 15. The third-order valence-electron chi connectivity index (χ3n) is 17.1. The number of ether oxygens (including phenoxy) is 4. The quantitative estimate of drug-likeness (QED) is 0.0169. The Hall–Kier alpha value is -4.80. The van der Waals surface area contributed by atoms with Gasteiger partial charge in [-0.25, -0.2) is 9.13 Å². The monoisotopic (exact) mass is 1530 g/mol. The minimum atomic E-state index is -5.00. The Balaban J connectivity index is 5.48. The van der Waals surface area contributed by atoms with E-state index in [4.69, 9.17) is 37.0 Å². The van der Waals surface area contributed by atoms with Gasteiger partial charge in [0.05, 0.1) is 26.4 Å². The summed E-state index contributed by atoms with van der Waals surface area (Å²) in [6.07, 6.45) is 88.7. The highest BCUT2D eigenvalue weighted by molar-refractivity contribution is 7.47. The summed E-state index contributed by atoms with van der Waals surface area (Å²) in [5.74, 6) is -2.34. The van der Waals surface area contributed by atoms with E-state index in [1.807, 2.05) is 24.3 Å². The largest absolute Gasteiger partial charge is 0.472 e. The van der Waals surface area contributed by atoms with Crippen LogP contribution in [0.15, 0.2) is 134 Å². The van der Waals surface area contributed by atoms with E-state index in [9.17, 15) is 43.2 Å². The molecule has 0 saturated carbocycles. The number of phosphoric acid groups is 2. The van der Waals surface area contributed by atoms with Crippen LogP contribution in [0.3, 0.4) is 0 Å². The summed E-state index contributed by atoms with van der Waals surface area (Å²) >= 11 is 0. The number of esters is 4. The van der Waals surface area contributed by atoms with Gasteiger partial charge in [0, 0.05) is 25.7 Å². The fraction of sp³-hybridized carbons (Fsp3) is 0.701. The van der Waals surface area contributed by atoms with Gasteiger partial charge < -0.3 is 33.8 Å². The standard InChI is InChI=1S/C87H148O17P2/c1-5-9-13-17-21-25-29-33-37-39-40-42-45-48-52-56-60-64-68-72-85(90)98-78-82(103-86(91)73-69-65-61-57-53-49-44-36-32-28-24-20-16-12-8-4)79-101-105(93,94)99-75-81(88)76-100-106(95,96)102-80-83(77-97-84(89)71-67-63-59-55-51-47-43-35-31-27-23-19-15-11-7-3)104-87(92)74-70-66-62-58-54-50-46-41-38-34-30-26-22-18-14-10-6-2/h21-22,25-28,31-34,37-38,40,42,46,48,50,52,58,60,62,64,81-83,88H,5-20,23-24,29-30,35-36,39,41,43-45,47,49,51,53-57,59,61,63,65-80H2,1-4H3,(H,93,94)(H,95,96)/b25-21-,26-22-,31-27-,32-28-,37-33-,38-34-,42-40-,50-46-,52-48-,62-58-,64-60-/t81-,82-,83-/m1/s1. The molecular formula is C87H148O17P2. The van der Waals surface area contributed by atoms with Gasteiger partial charge in [-0.1, -0.05) is 290 Å². The van der Waals surface area contributed by atoms with Crippen LogP contribution in [0.5, 0.6) is 0 Å². The first-order chi connectivity index (χ1) is 51.7. The maximum Gasteiger partial charge on any atom is 0.472 e. The van der Waals surface area contributed by atoms with Crippen molar-refractivity contribution in [3.63, 3.8) is 0 Å². The van der Waals surface area contributed by atoms with Crippen molar-refractivity contribution in [1.82, 2.24) is 0 Å². The Morgan fingerprint density at radius 1 is 0.264 bits per heavy atom. The normalized spacial score (nSPS) is 14.5. The minimum absolute atomic E-state index is 0.0147. The zero-order chi connectivity index (χ0) is 77.4. The van der Waals surface area contributed by atoms with E-state index in [-0.39, 0.29) is 25.7 Å². The third kappa shape index (κ3) is 77.4. The Morgan fingerprint density at radius 2 is 0.491 bits per heavy atom. The Bertz CT molecular complexity index is 2530. The summed E-state index contributed by atoms with van der Waals surface area (Å²) in [4.78, 5) is 73.1. The van der Waals surface area contributed by atoms with Crippen LogP contribution in [0.25, 0.3) is 0 Å². The molecule has 0 fully saturated rings. The fourth-order valence-corrected chi connectivity index (χ4v) is 12.3. The van der Waals surface area contributed by atoms with Gasteiger partial charge in [0.25, 0.3) is 0 Å². The molecule has 608 valence electrons. The number of carbonyl (C=O) groups excluding carboxylic acids is 4. The van der Waals surface area contributed by atoms with E-state index in [2.05, 4.69) is 137 Å². The van der Waals surface area contributed by atoms with Gasteiger partial charge in [-0.05, 0) is 154 Å². The minimum Gasteiger partial charge on any atom is -0.462 e. The number of rotatable bonds is 77. The molecule has 19 heteroatoms. The maximum atomic E-state index is 13.1. The van der Waals surface area contributed by atoms with E-state index in [0.29, 0.717) is 38.5 Å². The van der Waals surface area contributed by atoms with Crippen molar-refractivity contribution in [3.05, 3.63) is 134 Å². The predicted octanol–water partition coefficient (Wildman–Crippen LogP) is 24.4.